The zero-order chi connectivity index (χ0) is 15.6. The van der Waals surface area contributed by atoms with Gasteiger partial charge in [-0.2, -0.15) is 5.10 Å². The Hall–Kier alpha value is -2.57. The summed E-state index contributed by atoms with van der Waals surface area (Å²) in [7, 11) is 2.99. The minimum absolute atomic E-state index is 0.0871. The fourth-order valence-corrected chi connectivity index (χ4v) is 1.88. The first kappa shape index (κ1) is 14.8. The van der Waals surface area contributed by atoms with Crippen molar-refractivity contribution in [3.8, 4) is 5.75 Å². The first-order valence-corrected chi connectivity index (χ1v) is 6.27. The summed E-state index contributed by atoms with van der Waals surface area (Å²) < 4.78 is 17.0. The van der Waals surface area contributed by atoms with E-state index in [-0.39, 0.29) is 23.8 Å². The van der Waals surface area contributed by atoms with Gasteiger partial charge in [-0.3, -0.25) is 9.48 Å². The normalized spacial score (nSPS) is 10.5. The fourth-order valence-electron chi connectivity index (χ4n) is 1.88. The third-order valence-corrected chi connectivity index (χ3v) is 2.84. The first-order chi connectivity index (χ1) is 9.92. The molecule has 0 saturated heterocycles. The number of hydrogen-bond acceptors (Lipinski definition) is 6. The summed E-state index contributed by atoms with van der Waals surface area (Å²) in [6.45, 7) is 3.25. The first-order valence-electron chi connectivity index (χ1n) is 6.27. The van der Waals surface area contributed by atoms with Crippen LogP contribution in [0.5, 0.6) is 5.75 Å². The lowest BCUT2D eigenvalue weighted by Gasteiger charge is -2.02. The van der Waals surface area contributed by atoms with E-state index in [2.05, 4.69) is 9.84 Å². The molecule has 0 aromatic carbocycles. The number of Topliss-reactive ketones (excluding diaryl/α,β-unsaturated/α-hetero) is 1. The molecule has 0 aliphatic heterocycles. The number of hydrogen-bond donors (Lipinski definition) is 0. The van der Waals surface area contributed by atoms with Gasteiger partial charge in [0.15, 0.2) is 17.2 Å². The van der Waals surface area contributed by atoms with Gasteiger partial charge in [0.05, 0.1) is 13.3 Å². The van der Waals surface area contributed by atoms with Gasteiger partial charge >= 0.3 is 5.97 Å². The fraction of sp³-hybridized carbons (Fsp3) is 0.357. The molecular weight excluding hydrogens is 276 g/mol. The number of methoxy groups -OCH3 is 1. The van der Waals surface area contributed by atoms with Crippen molar-refractivity contribution in [3.63, 3.8) is 0 Å². The maximum atomic E-state index is 11.5. The summed E-state index contributed by atoms with van der Waals surface area (Å²) in [5, 5.41) is 4.02. The van der Waals surface area contributed by atoms with E-state index in [4.69, 9.17) is 9.15 Å². The molecule has 0 unspecified atom stereocenters. The molecule has 0 fully saturated rings. The molecule has 0 spiro atoms. The van der Waals surface area contributed by atoms with Crippen LogP contribution in [0.2, 0.25) is 0 Å². The highest BCUT2D eigenvalue weighted by atomic mass is 16.5. The van der Waals surface area contributed by atoms with Crippen LogP contribution in [0.4, 0.5) is 0 Å². The maximum absolute atomic E-state index is 11.5. The van der Waals surface area contributed by atoms with Crippen molar-refractivity contribution in [2.24, 2.45) is 7.05 Å². The Balaban J connectivity index is 2.14. The number of carbonyl (C=O) groups is 2. The van der Waals surface area contributed by atoms with E-state index in [0.29, 0.717) is 17.1 Å². The van der Waals surface area contributed by atoms with Crippen molar-refractivity contribution in [3.05, 3.63) is 35.0 Å². The summed E-state index contributed by atoms with van der Waals surface area (Å²) in [4.78, 5) is 22.9. The molecule has 0 atom stereocenters. The largest absolute Gasteiger partial charge is 0.482 e. The van der Waals surface area contributed by atoms with Crippen LogP contribution in [-0.2, 0) is 18.4 Å². The second kappa shape index (κ2) is 5.82. The zero-order valence-electron chi connectivity index (χ0n) is 12.3. The standard InChI is InChI=1S/C14H16N2O5/c1-8-5-10(21-13(8)14(18)19-4)7-20-11-6-16(3)15-12(11)9(2)17/h5-6H,7H2,1-4H3. The number of ketones is 1. The lowest BCUT2D eigenvalue weighted by molar-refractivity contribution is 0.0559. The van der Waals surface area contributed by atoms with E-state index in [1.165, 1.54) is 18.7 Å². The summed E-state index contributed by atoms with van der Waals surface area (Å²) >= 11 is 0. The van der Waals surface area contributed by atoms with Crippen molar-refractivity contribution in [2.45, 2.75) is 20.5 Å². The van der Waals surface area contributed by atoms with Crippen LogP contribution >= 0.6 is 0 Å². The Morgan fingerprint density at radius 3 is 2.76 bits per heavy atom. The molecule has 2 rings (SSSR count). The molecule has 0 amide bonds. The molecule has 21 heavy (non-hydrogen) atoms. The lowest BCUT2D eigenvalue weighted by Crippen LogP contribution is -2.01. The van der Waals surface area contributed by atoms with E-state index in [1.54, 1.807) is 26.2 Å². The van der Waals surface area contributed by atoms with Gasteiger partial charge in [-0.15, -0.1) is 0 Å². The highest BCUT2D eigenvalue weighted by Crippen LogP contribution is 2.21. The van der Waals surface area contributed by atoms with E-state index in [9.17, 15) is 9.59 Å². The Bertz CT molecular complexity index is 684. The number of nitrogens with zero attached hydrogens (tertiary/aromatic N) is 2. The minimum Gasteiger partial charge on any atom is -0.482 e. The monoisotopic (exact) mass is 292 g/mol. The summed E-state index contributed by atoms with van der Waals surface area (Å²) in [5.74, 6) is 0.264. The van der Waals surface area contributed by atoms with Crippen LogP contribution in [0.1, 0.15) is 39.3 Å². The van der Waals surface area contributed by atoms with Gasteiger partial charge in [0.1, 0.15) is 12.4 Å². The van der Waals surface area contributed by atoms with Crippen LogP contribution in [0.25, 0.3) is 0 Å². The van der Waals surface area contributed by atoms with Crippen molar-refractivity contribution in [1.82, 2.24) is 9.78 Å². The van der Waals surface area contributed by atoms with Gasteiger partial charge in [0.25, 0.3) is 0 Å². The van der Waals surface area contributed by atoms with Gasteiger partial charge < -0.3 is 13.9 Å². The smallest absolute Gasteiger partial charge is 0.374 e. The number of esters is 1. The minimum atomic E-state index is -0.537. The summed E-state index contributed by atoms with van der Waals surface area (Å²) in [5.41, 5.74) is 0.924. The van der Waals surface area contributed by atoms with Gasteiger partial charge in [-0.1, -0.05) is 0 Å². The SMILES string of the molecule is COC(=O)c1oc(COc2cn(C)nc2C(C)=O)cc1C. The average molecular weight is 292 g/mol. The second-order valence-electron chi connectivity index (χ2n) is 4.58. The highest BCUT2D eigenvalue weighted by Gasteiger charge is 2.18. The number of aryl methyl sites for hydroxylation is 2. The number of rotatable bonds is 5. The second-order valence-corrected chi connectivity index (χ2v) is 4.58. The third-order valence-electron chi connectivity index (χ3n) is 2.84. The summed E-state index contributed by atoms with van der Waals surface area (Å²) in [6.07, 6.45) is 1.60. The lowest BCUT2D eigenvalue weighted by atomic mass is 10.2. The van der Waals surface area contributed by atoms with Crippen molar-refractivity contribution < 1.29 is 23.5 Å². The Morgan fingerprint density at radius 1 is 1.43 bits per heavy atom. The van der Waals surface area contributed by atoms with Crippen LogP contribution in [0.3, 0.4) is 0 Å². The molecular formula is C14H16N2O5. The molecule has 7 nitrogen and oxygen atoms in total. The topological polar surface area (TPSA) is 83.6 Å². The molecule has 2 aromatic rings. The van der Waals surface area contributed by atoms with Crippen LogP contribution in [0.15, 0.2) is 16.7 Å². The molecule has 0 bridgehead atoms. The van der Waals surface area contributed by atoms with Crippen LogP contribution < -0.4 is 4.74 Å². The Labute approximate surface area is 121 Å². The van der Waals surface area contributed by atoms with Gasteiger partial charge in [0, 0.05) is 19.5 Å². The molecule has 0 radical (unpaired) electrons. The predicted molar refractivity (Wildman–Crippen MR) is 72.3 cm³/mol. The molecule has 0 saturated carbocycles. The highest BCUT2D eigenvalue weighted by molar-refractivity contribution is 5.94. The van der Waals surface area contributed by atoms with Crippen LogP contribution in [0, 0.1) is 6.92 Å². The average Bonchev–Trinajstić information content (AvgIpc) is 2.98. The number of carbonyl (C=O) groups excluding carboxylic acids is 2. The number of furan rings is 1. The van der Waals surface area contributed by atoms with Crippen LogP contribution in [-0.4, -0.2) is 28.6 Å². The number of ether oxygens (including phenoxy) is 2. The van der Waals surface area contributed by atoms with E-state index < -0.39 is 5.97 Å². The molecule has 0 N–H and O–H groups in total. The summed E-state index contributed by atoms with van der Waals surface area (Å²) in [6, 6.07) is 1.69. The Morgan fingerprint density at radius 2 is 2.14 bits per heavy atom. The third kappa shape index (κ3) is 3.13. The molecule has 2 heterocycles. The Kier molecular flexibility index (Phi) is 4.11. The quantitative estimate of drug-likeness (QED) is 0.618. The van der Waals surface area contributed by atoms with Crippen molar-refractivity contribution in [1.29, 1.82) is 0 Å². The van der Waals surface area contributed by atoms with E-state index in [1.807, 2.05) is 0 Å². The van der Waals surface area contributed by atoms with E-state index in [0.717, 1.165) is 0 Å². The van der Waals surface area contributed by atoms with Gasteiger partial charge in [-0.05, 0) is 13.0 Å². The van der Waals surface area contributed by atoms with E-state index >= 15 is 0 Å². The van der Waals surface area contributed by atoms with Crippen molar-refractivity contribution in [2.75, 3.05) is 7.11 Å². The predicted octanol–water partition coefficient (Wildman–Crippen LogP) is 1.89. The molecule has 112 valence electrons. The molecule has 2 aromatic heterocycles. The molecule has 0 aliphatic carbocycles. The number of aromatic nitrogens is 2. The van der Waals surface area contributed by atoms with Gasteiger partial charge in [-0.25, -0.2) is 4.79 Å². The molecule has 0 aliphatic rings. The zero-order valence-corrected chi connectivity index (χ0v) is 12.3. The molecule has 7 heteroatoms. The van der Waals surface area contributed by atoms with Gasteiger partial charge in [0.2, 0.25) is 5.76 Å². The maximum Gasteiger partial charge on any atom is 0.374 e. The van der Waals surface area contributed by atoms with Crippen molar-refractivity contribution >= 4 is 11.8 Å².